The number of aryl methyl sites for hydroxylation is 3. The van der Waals surface area contributed by atoms with E-state index in [1.54, 1.807) is 0 Å². The fraction of sp³-hybridized carbons (Fsp3) is 0.471. The van der Waals surface area contributed by atoms with Crippen molar-refractivity contribution >= 4 is 6.09 Å². The molecular weight excluding hydrogens is 308 g/mol. The van der Waals surface area contributed by atoms with E-state index in [-0.39, 0.29) is 6.04 Å². The van der Waals surface area contributed by atoms with Gasteiger partial charge in [-0.2, -0.15) is 0 Å². The van der Waals surface area contributed by atoms with E-state index >= 15 is 0 Å². The van der Waals surface area contributed by atoms with Crippen molar-refractivity contribution in [3.05, 3.63) is 46.9 Å². The Morgan fingerprint density at radius 2 is 2.04 bits per heavy atom. The van der Waals surface area contributed by atoms with Crippen LogP contribution in [0.3, 0.4) is 0 Å². The van der Waals surface area contributed by atoms with Crippen molar-refractivity contribution < 1.29 is 14.3 Å². The van der Waals surface area contributed by atoms with Gasteiger partial charge in [-0.1, -0.05) is 6.07 Å². The quantitative estimate of drug-likeness (QED) is 0.860. The van der Waals surface area contributed by atoms with Gasteiger partial charge in [-0.25, -0.2) is 9.78 Å². The van der Waals surface area contributed by atoms with Crippen LogP contribution in [0.5, 0.6) is 0 Å². The second kappa shape index (κ2) is 5.90. The molecule has 1 aliphatic heterocycles. The molecule has 126 valence electrons. The van der Waals surface area contributed by atoms with Crippen molar-refractivity contribution in [3.8, 4) is 0 Å². The summed E-state index contributed by atoms with van der Waals surface area (Å²) in [5, 5.41) is 9.17. The third-order valence-corrected chi connectivity index (χ3v) is 4.85. The molecule has 1 atom stereocenters. The third-order valence-electron chi connectivity index (χ3n) is 4.85. The largest absolute Gasteiger partial charge is 0.465 e. The minimum Gasteiger partial charge on any atom is -0.465 e. The molecule has 2 aromatic rings. The van der Waals surface area contributed by atoms with E-state index in [9.17, 15) is 4.79 Å². The summed E-state index contributed by atoms with van der Waals surface area (Å²) in [4.78, 5) is 24.2. The average Bonchev–Trinajstić information content (AvgIpc) is 2.88. The lowest BCUT2D eigenvalue weighted by Crippen LogP contribution is -2.49. The summed E-state index contributed by atoms with van der Waals surface area (Å²) in [6.07, 6.45) is 2.67. The zero-order chi connectivity index (χ0) is 16.7. The predicted molar refractivity (Wildman–Crippen MR) is 85.9 cm³/mol. The molecule has 0 bridgehead atoms. The number of carboxylic acid groups (broad SMARTS) is 1. The number of piperazine rings is 1. The SMILES string of the molecule is Cc1nc2c(o1)CCc1cccnc1C2N1CCN(C(=O)O)CC1. The van der Waals surface area contributed by atoms with Crippen LogP contribution in [0.1, 0.15) is 34.6 Å². The van der Waals surface area contributed by atoms with Gasteiger partial charge in [0.1, 0.15) is 11.5 Å². The summed E-state index contributed by atoms with van der Waals surface area (Å²) in [6.45, 7) is 4.20. The molecule has 3 heterocycles. The molecule has 1 N–H and O–H groups in total. The van der Waals surface area contributed by atoms with E-state index in [0.29, 0.717) is 32.1 Å². The van der Waals surface area contributed by atoms with Gasteiger partial charge in [-0.15, -0.1) is 0 Å². The van der Waals surface area contributed by atoms with E-state index in [0.717, 1.165) is 30.0 Å². The molecular formula is C17H20N4O3. The average molecular weight is 328 g/mol. The number of pyridine rings is 1. The second-order valence-corrected chi connectivity index (χ2v) is 6.30. The zero-order valence-corrected chi connectivity index (χ0v) is 13.6. The molecule has 24 heavy (non-hydrogen) atoms. The van der Waals surface area contributed by atoms with Crippen molar-refractivity contribution in [1.82, 2.24) is 19.8 Å². The number of hydrogen-bond acceptors (Lipinski definition) is 5. The fourth-order valence-corrected chi connectivity index (χ4v) is 3.68. The number of rotatable bonds is 1. The summed E-state index contributed by atoms with van der Waals surface area (Å²) in [5.41, 5.74) is 3.18. The summed E-state index contributed by atoms with van der Waals surface area (Å²) in [7, 11) is 0. The molecule has 0 radical (unpaired) electrons. The lowest BCUT2D eigenvalue weighted by molar-refractivity contribution is 0.0914. The van der Waals surface area contributed by atoms with Gasteiger partial charge < -0.3 is 14.4 Å². The van der Waals surface area contributed by atoms with Gasteiger partial charge in [0, 0.05) is 45.7 Å². The first kappa shape index (κ1) is 15.1. The van der Waals surface area contributed by atoms with Gasteiger partial charge in [0.25, 0.3) is 0 Å². The smallest absolute Gasteiger partial charge is 0.407 e. The first-order chi connectivity index (χ1) is 11.6. The third kappa shape index (κ3) is 2.54. The van der Waals surface area contributed by atoms with Gasteiger partial charge in [0.15, 0.2) is 5.89 Å². The zero-order valence-electron chi connectivity index (χ0n) is 13.6. The normalized spacial score (nSPS) is 21.0. The summed E-state index contributed by atoms with van der Waals surface area (Å²) < 4.78 is 5.83. The minimum atomic E-state index is -0.855. The Hall–Kier alpha value is -2.41. The monoisotopic (exact) mass is 328 g/mol. The van der Waals surface area contributed by atoms with Gasteiger partial charge in [0.05, 0.1) is 11.7 Å². The standard InChI is InChI=1S/C17H20N4O3/c1-11-19-15-13(24-11)5-4-12-3-2-6-18-14(12)16(15)20-7-9-21(10-8-20)17(22)23/h2-3,6,16H,4-5,7-10H2,1H3,(H,22,23). The van der Waals surface area contributed by atoms with Crippen LogP contribution in [0, 0.1) is 6.92 Å². The van der Waals surface area contributed by atoms with Gasteiger partial charge >= 0.3 is 6.09 Å². The van der Waals surface area contributed by atoms with Crippen molar-refractivity contribution in [3.63, 3.8) is 0 Å². The summed E-state index contributed by atoms with van der Waals surface area (Å²) >= 11 is 0. The predicted octanol–water partition coefficient (Wildman–Crippen LogP) is 1.86. The highest BCUT2D eigenvalue weighted by Gasteiger charge is 2.35. The number of nitrogens with zero attached hydrogens (tertiary/aromatic N) is 4. The Kier molecular flexibility index (Phi) is 3.72. The fourth-order valence-electron chi connectivity index (χ4n) is 3.68. The molecule has 7 heteroatoms. The molecule has 0 aromatic carbocycles. The van der Waals surface area contributed by atoms with Crippen LogP contribution in [-0.2, 0) is 12.8 Å². The maximum absolute atomic E-state index is 11.2. The van der Waals surface area contributed by atoms with E-state index in [1.807, 2.05) is 19.2 Å². The van der Waals surface area contributed by atoms with Crippen molar-refractivity contribution in [2.24, 2.45) is 0 Å². The molecule has 1 unspecified atom stereocenters. The van der Waals surface area contributed by atoms with Crippen molar-refractivity contribution in [2.45, 2.75) is 25.8 Å². The maximum Gasteiger partial charge on any atom is 0.407 e. The summed E-state index contributed by atoms with van der Waals surface area (Å²) in [5.74, 6) is 1.60. The Balaban J connectivity index is 1.72. The Morgan fingerprint density at radius 1 is 1.25 bits per heavy atom. The first-order valence-electron chi connectivity index (χ1n) is 8.25. The molecule has 7 nitrogen and oxygen atoms in total. The number of hydrogen-bond donors (Lipinski definition) is 1. The van der Waals surface area contributed by atoms with Crippen LogP contribution >= 0.6 is 0 Å². The molecule has 1 fully saturated rings. The highest BCUT2D eigenvalue weighted by molar-refractivity contribution is 5.65. The minimum absolute atomic E-state index is 0.0629. The van der Waals surface area contributed by atoms with Gasteiger partial charge in [-0.3, -0.25) is 9.88 Å². The van der Waals surface area contributed by atoms with Crippen molar-refractivity contribution in [1.29, 1.82) is 0 Å². The Labute approximate surface area is 139 Å². The maximum atomic E-state index is 11.2. The molecule has 1 aliphatic carbocycles. The lowest BCUT2D eigenvalue weighted by Gasteiger charge is -2.37. The van der Waals surface area contributed by atoms with Crippen LogP contribution in [0.2, 0.25) is 0 Å². The van der Waals surface area contributed by atoms with Crippen LogP contribution in [0.15, 0.2) is 22.7 Å². The van der Waals surface area contributed by atoms with E-state index in [1.165, 1.54) is 10.5 Å². The van der Waals surface area contributed by atoms with E-state index in [4.69, 9.17) is 9.52 Å². The first-order valence-corrected chi connectivity index (χ1v) is 8.25. The highest BCUT2D eigenvalue weighted by atomic mass is 16.4. The van der Waals surface area contributed by atoms with Crippen LogP contribution in [-0.4, -0.2) is 57.1 Å². The number of amides is 1. The number of fused-ring (bicyclic) bond motifs is 2. The molecule has 1 saturated heterocycles. The molecule has 2 aliphatic rings. The molecule has 1 amide bonds. The topological polar surface area (TPSA) is 82.7 Å². The van der Waals surface area contributed by atoms with Crippen molar-refractivity contribution in [2.75, 3.05) is 26.2 Å². The lowest BCUT2D eigenvalue weighted by atomic mass is 10.0. The number of aromatic nitrogens is 2. The number of oxazole rings is 1. The van der Waals surface area contributed by atoms with Gasteiger partial charge in [0.2, 0.25) is 0 Å². The molecule has 0 spiro atoms. The van der Waals surface area contributed by atoms with E-state index in [2.05, 4.69) is 20.9 Å². The Morgan fingerprint density at radius 3 is 2.79 bits per heavy atom. The molecule has 0 saturated carbocycles. The van der Waals surface area contributed by atoms with Gasteiger partial charge in [-0.05, 0) is 18.1 Å². The van der Waals surface area contributed by atoms with Crippen LogP contribution in [0.25, 0.3) is 0 Å². The van der Waals surface area contributed by atoms with Crippen LogP contribution in [0.4, 0.5) is 4.79 Å². The second-order valence-electron chi connectivity index (χ2n) is 6.30. The Bertz CT molecular complexity index is 765. The highest BCUT2D eigenvalue weighted by Crippen LogP contribution is 2.35. The molecule has 2 aromatic heterocycles. The van der Waals surface area contributed by atoms with Crippen LogP contribution < -0.4 is 0 Å². The van der Waals surface area contributed by atoms with E-state index < -0.39 is 6.09 Å². The molecule has 4 rings (SSSR count). The number of carbonyl (C=O) groups is 1. The summed E-state index contributed by atoms with van der Waals surface area (Å²) in [6, 6.07) is 4.01.